The number of benzene rings is 2. The first kappa shape index (κ1) is 22.9. The molecule has 2 aromatic carbocycles. The van der Waals surface area contributed by atoms with Crippen molar-refractivity contribution in [2.24, 2.45) is 0 Å². The normalized spacial score (nSPS) is 12.2. The minimum Gasteiger partial charge on any atom is -0.462 e. The average Bonchev–Trinajstić information content (AvgIpc) is 2.68. The first-order valence-corrected chi connectivity index (χ1v) is 10.9. The lowest BCUT2D eigenvalue weighted by molar-refractivity contribution is -0.117. The van der Waals surface area contributed by atoms with E-state index in [0.717, 1.165) is 12.8 Å². The third kappa shape index (κ3) is 6.85. The Morgan fingerprint density at radius 2 is 1.69 bits per heavy atom. The van der Waals surface area contributed by atoms with Crippen molar-refractivity contribution in [1.82, 2.24) is 4.72 Å². The molecular formula is C20H23ClN2O5S. The first-order chi connectivity index (χ1) is 13.7. The van der Waals surface area contributed by atoms with Crippen molar-refractivity contribution >= 4 is 39.2 Å². The van der Waals surface area contributed by atoms with E-state index in [1.807, 2.05) is 6.92 Å². The van der Waals surface area contributed by atoms with Crippen molar-refractivity contribution in [3.63, 3.8) is 0 Å². The molecule has 0 aliphatic carbocycles. The molecule has 0 spiro atoms. The fraction of sp³-hybridized carbons (Fsp3) is 0.300. The maximum Gasteiger partial charge on any atom is 0.338 e. The highest BCUT2D eigenvalue weighted by atomic mass is 35.5. The monoisotopic (exact) mass is 438 g/mol. The van der Waals surface area contributed by atoms with Crippen LogP contribution in [0.2, 0.25) is 5.02 Å². The van der Waals surface area contributed by atoms with Gasteiger partial charge < -0.3 is 10.1 Å². The molecule has 9 heteroatoms. The summed E-state index contributed by atoms with van der Waals surface area (Å²) in [4.78, 5) is 24.2. The Kier molecular flexibility index (Phi) is 8.19. The van der Waals surface area contributed by atoms with Gasteiger partial charge in [-0.2, -0.15) is 4.72 Å². The highest BCUT2D eigenvalue weighted by Crippen LogP contribution is 2.15. The molecular weight excluding hydrogens is 416 g/mol. The zero-order valence-electron chi connectivity index (χ0n) is 16.1. The molecule has 0 aliphatic heterocycles. The molecule has 7 nitrogen and oxygen atoms in total. The first-order valence-electron chi connectivity index (χ1n) is 9.09. The van der Waals surface area contributed by atoms with Crippen molar-refractivity contribution in [2.45, 2.75) is 37.6 Å². The third-order valence-corrected chi connectivity index (χ3v) is 5.78. The topological polar surface area (TPSA) is 102 Å². The van der Waals surface area contributed by atoms with Crippen LogP contribution in [0.5, 0.6) is 0 Å². The minimum atomic E-state index is -3.87. The number of anilines is 1. The van der Waals surface area contributed by atoms with E-state index in [0.29, 0.717) is 22.9 Å². The number of hydrogen-bond acceptors (Lipinski definition) is 5. The number of carbonyl (C=O) groups excluding carboxylic acids is 2. The Hall–Kier alpha value is -2.42. The lowest BCUT2D eigenvalue weighted by atomic mass is 10.2. The van der Waals surface area contributed by atoms with Crippen LogP contribution in [0.1, 0.15) is 37.0 Å². The lowest BCUT2D eigenvalue weighted by Crippen LogP contribution is -2.41. The summed E-state index contributed by atoms with van der Waals surface area (Å²) in [6.07, 6.45) is 1.72. The smallest absolute Gasteiger partial charge is 0.338 e. The molecule has 2 aromatic rings. The number of sulfonamides is 1. The van der Waals surface area contributed by atoms with Gasteiger partial charge in [-0.1, -0.05) is 24.9 Å². The van der Waals surface area contributed by atoms with E-state index >= 15 is 0 Å². The predicted octanol–water partition coefficient (Wildman–Crippen LogP) is 3.60. The largest absolute Gasteiger partial charge is 0.462 e. The standard InChI is InChI=1S/C20H23ClN2O5S/c1-3-4-13-28-20(25)15-5-9-17(10-6-15)22-19(24)14(2)23-29(26,27)18-11-7-16(21)8-12-18/h5-12,14,23H,3-4,13H2,1-2H3,(H,22,24)/t14-/m0/s1. The maximum atomic E-state index is 12.4. The fourth-order valence-corrected chi connectivity index (χ4v) is 3.63. The molecule has 0 heterocycles. The Labute approximate surface area is 175 Å². The molecule has 1 amide bonds. The second-order valence-corrected chi connectivity index (χ2v) is 8.50. The van der Waals surface area contributed by atoms with Crippen LogP contribution < -0.4 is 10.0 Å². The summed E-state index contributed by atoms with van der Waals surface area (Å²) in [6.45, 7) is 3.79. The van der Waals surface area contributed by atoms with Crippen LogP contribution in [-0.2, 0) is 19.6 Å². The van der Waals surface area contributed by atoms with Crippen LogP contribution in [-0.4, -0.2) is 32.9 Å². The summed E-state index contributed by atoms with van der Waals surface area (Å²) in [6, 6.07) is 10.8. The van der Waals surface area contributed by atoms with Gasteiger partial charge in [-0.25, -0.2) is 13.2 Å². The number of carbonyl (C=O) groups is 2. The van der Waals surface area contributed by atoms with E-state index in [1.54, 1.807) is 12.1 Å². The highest BCUT2D eigenvalue weighted by Gasteiger charge is 2.22. The molecule has 156 valence electrons. The molecule has 0 aromatic heterocycles. The van der Waals surface area contributed by atoms with Crippen LogP contribution in [0.15, 0.2) is 53.4 Å². The van der Waals surface area contributed by atoms with Gasteiger partial charge in [-0.15, -0.1) is 0 Å². The van der Waals surface area contributed by atoms with E-state index < -0.39 is 27.9 Å². The lowest BCUT2D eigenvalue weighted by Gasteiger charge is -2.15. The number of rotatable bonds is 9. The summed E-state index contributed by atoms with van der Waals surface area (Å²) in [5.74, 6) is -0.971. The molecule has 2 rings (SSSR count). The number of amides is 1. The molecule has 0 bridgehead atoms. The summed E-state index contributed by atoms with van der Waals surface area (Å²) >= 11 is 5.76. The quantitative estimate of drug-likeness (QED) is 0.460. The van der Waals surface area contributed by atoms with E-state index in [4.69, 9.17) is 16.3 Å². The van der Waals surface area contributed by atoms with Crippen molar-refractivity contribution in [2.75, 3.05) is 11.9 Å². The van der Waals surface area contributed by atoms with Crippen molar-refractivity contribution in [1.29, 1.82) is 0 Å². The predicted molar refractivity (Wildman–Crippen MR) is 111 cm³/mol. The molecule has 29 heavy (non-hydrogen) atoms. The molecule has 0 fully saturated rings. The van der Waals surface area contributed by atoms with Crippen LogP contribution in [0.25, 0.3) is 0 Å². The molecule has 0 radical (unpaired) electrons. The molecule has 0 saturated heterocycles. The number of ether oxygens (including phenoxy) is 1. The van der Waals surface area contributed by atoms with E-state index in [9.17, 15) is 18.0 Å². The molecule has 1 atom stereocenters. The number of hydrogen-bond donors (Lipinski definition) is 2. The number of nitrogens with one attached hydrogen (secondary N) is 2. The van der Waals surface area contributed by atoms with Gasteiger partial charge in [-0.3, -0.25) is 4.79 Å². The zero-order valence-corrected chi connectivity index (χ0v) is 17.7. The van der Waals surface area contributed by atoms with Gasteiger partial charge in [0.1, 0.15) is 0 Å². The summed E-state index contributed by atoms with van der Waals surface area (Å²) in [7, 11) is -3.87. The number of esters is 1. The summed E-state index contributed by atoms with van der Waals surface area (Å²) < 4.78 is 32.1. The number of unbranched alkanes of at least 4 members (excludes halogenated alkanes) is 1. The Morgan fingerprint density at radius 3 is 2.28 bits per heavy atom. The van der Waals surface area contributed by atoms with Crippen molar-refractivity contribution < 1.29 is 22.7 Å². The van der Waals surface area contributed by atoms with Gasteiger partial charge >= 0.3 is 5.97 Å². The minimum absolute atomic E-state index is 0.00693. The van der Waals surface area contributed by atoms with E-state index in [1.165, 1.54) is 43.3 Å². The van der Waals surface area contributed by atoms with Gasteiger partial charge in [0.15, 0.2) is 0 Å². The van der Waals surface area contributed by atoms with Crippen molar-refractivity contribution in [3.8, 4) is 0 Å². The Morgan fingerprint density at radius 1 is 1.07 bits per heavy atom. The molecule has 2 N–H and O–H groups in total. The van der Waals surface area contributed by atoms with E-state index in [-0.39, 0.29) is 4.90 Å². The van der Waals surface area contributed by atoms with Gasteiger partial charge in [0, 0.05) is 10.7 Å². The van der Waals surface area contributed by atoms with Gasteiger partial charge in [0.05, 0.1) is 23.1 Å². The van der Waals surface area contributed by atoms with Crippen LogP contribution in [0.3, 0.4) is 0 Å². The maximum absolute atomic E-state index is 12.4. The van der Waals surface area contributed by atoms with Gasteiger partial charge in [-0.05, 0) is 61.9 Å². The number of halogens is 1. The summed E-state index contributed by atoms with van der Waals surface area (Å²) in [5, 5.41) is 3.01. The Balaban J connectivity index is 1.95. The van der Waals surface area contributed by atoms with Gasteiger partial charge in [0.2, 0.25) is 15.9 Å². The average molecular weight is 439 g/mol. The van der Waals surface area contributed by atoms with Crippen molar-refractivity contribution in [3.05, 3.63) is 59.1 Å². The van der Waals surface area contributed by atoms with Gasteiger partial charge in [0.25, 0.3) is 0 Å². The second-order valence-electron chi connectivity index (χ2n) is 6.35. The third-order valence-electron chi connectivity index (χ3n) is 3.97. The van der Waals surface area contributed by atoms with Crippen LogP contribution >= 0.6 is 11.6 Å². The molecule has 0 saturated carbocycles. The van der Waals surface area contributed by atoms with E-state index in [2.05, 4.69) is 10.0 Å². The second kappa shape index (κ2) is 10.4. The fourth-order valence-electron chi connectivity index (χ4n) is 2.30. The molecule has 0 unspecified atom stereocenters. The zero-order chi connectivity index (χ0) is 21.4. The van der Waals surface area contributed by atoms with Crippen LogP contribution in [0, 0.1) is 0 Å². The summed E-state index contributed by atoms with van der Waals surface area (Å²) in [5.41, 5.74) is 0.799. The van der Waals surface area contributed by atoms with Crippen LogP contribution in [0.4, 0.5) is 5.69 Å². The Bertz CT molecular complexity index is 944. The highest BCUT2D eigenvalue weighted by molar-refractivity contribution is 7.89. The SMILES string of the molecule is CCCCOC(=O)c1ccc(NC(=O)[C@H](C)NS(=O)(=O)c2ccc(Cl)cc2)cc1. The molecule has 0 aliphatic rings.